The summed E-state index contributed by atoms with van der Waals surface area (Å²) in [6.45, 7) is 6.61. The van der Waals surface area contributed by atoms with E-state index >= 15 is 0 Å². The van der Waals surface area contributed by atoms with Crippen LogP contribution in [0.1, 0.15) is 56.2 Å². The summed E-state index contributed by atoms with van der Waals surface area (Å²) in [6.07, 6.45) is 5.67. The maximum Gasteiger partial charge on any atom is 0.490 e. The highest BCUT2D eigenvalue weighted by atomic mass is 19.4. The van der Waals surface area contributed by atoms with Gasteiger partial charge in [-0.05, 0) is 103 Å². The number of alkyl halides is 3. The third-order valence-electron chi connectivity index (χ3n) is 7.93. The van der Waals surface area contributed by atoms with Crippen LogP contribution in [0.4, 0.5) is 18.9 Å². The van der Waals surface area contributed by atoms with Crippen LogP contribution in [-0.2, 0) is 17.6 Å². The number of aryl methyl sites for hydroxylation is 1. The zero-order chi connectivity index (χ0) is 28.7. The number of hydrogen-bond acceptors (Lipinski definition) is 7. The fourth-order valence-corrected chi connectivity index (χ4v) is 5.70. The number of rotatable bonds is 8. The van der Waals surface area contributed by atoms with Crippen molar-refractivity contribution in [3.63, 3.8) is 0 Å². The lowest BCUT2D eigenvalue weighted by molar-refractivity contribution is -0.192. The van der Waals surface area contributed by atoms with Gasteiger partial charge in [0.05, 0.1) is 19.2 Å². The molecule has 1 aromatic heterocycles. The molecule has 0 radical (unpaired) electrons. The zero-order valence-corrected chi connectivity index (χ0v) is 23.5. The summed E-state index contributed by atoms with van der Waals surface area (Å²) in [7, 11) is 3.96. The van der Waals surface area contributed by atoms with Gasteiger partial charge >= 0.3 is 12.1 Å². The van der Waals surface area contributed by atoms with Crippen molar-refractivity contribution in [3.05, 3.63) is 23.4 Å². The van der Waals surface area contributed by atoms with E-state index in [1.165, 1.54) is 73.9 Å². The topological polar surface area (TPSA) is 87.2 Å². The first-order valence-corrected chi connectivity index (χ1v) is 14.3. The van der Waals surface area contributed by atoms with Crippen molar-refractivity contribution in [3.8, 4) is 11.5 Å². The number of benzene rings is 1. The molecule has 222 valence electrons. The Morgan fingerprint density at radius 1 is 1.07 bits per heavy atom. The first-order chi connectivity index (χ1) is 19.2. The smallest absolute Gasteiger partial charge is 0.490 e. The molecule has 8 nitrogen and oxygen atoms in total. The van der Waals surface area contributed by atoms with Gasteiger partial charge in [0.1, 0.15) is 0 Å². The highest BCUT2D eigenvalue weighted by Crippen LogP contribution is 2.40. The predicted octanol–water partition coefficient (Wildman–Crippen LogP) is 5.13. The van der Waals surface area contributed by atoms with Crippen LogP contribution < -0.4 is 14.8 Å². The Morgan fingerprint density at radius 2 is 1.75 bits per heavy atom. The second kappa shape index (κ2) is 13.7. The van der Waals surface area contributed by atoms with Crippen LogP contribution in [0.3, 0.4) is 0 Å². The zero-order valence-electron chi connectivity index (χ0n) is 23.5. The Bertz CT molecular complexity index is 1150. The number of aliphatic carboxylic acids is 1. The second-order valence-corrected chi connectivity index (χ2v) is 10.9. The molecule has 1 aliphatic carbocycles. The fraction of sp³-hybridized carbons (Fsp3) is 0.655. The van der Waals surface area contributed by atoms with E-state index in [-0.39, 0.29) is 0 Å². The van der Waals surface area contributed by atoms with E-state index < -0.39 is 12.1 Å². The number of nitrogens with one attached hydrogen (secondary N) is 1. The minimum Gasteiger partial charge on any atom is -0.493 e. The van der Waals surface area contributed by atoms with E-state index in [0.717, 1.165) is 55.9 Å². The third-order valence-corrected chi connectivity index (χ3v) is 7.93. The van der Waals surface area contributed by atoms with Crippen LogP contribution in [0.5, 0.6) is 11.5 Å². The summed E-state index contributed by atoms with van der Waals surface area (Å²) in [5.41, 5.74) is 5.02. The van der Waals surface area contributed by atoms with Crippen LogP contribution in [-0.4, -0.2) is 91.6 Å². The van der Waals surface area contributed by atoms with Crippen LogP contribution >= 0.6 is 0 Å². The first-order valence-electron chi connectivity index (χ1n) is 14.3. The maximum atomic E-state index is 10.6. The number of nitrogens with zero attached hydrogens (tertiary/aromatic N) is 3. The number of carboxylic acids is 1. The molecule has 2 aliphatic heterocycles. The van der Waals surface area contributed by atoms with Crippen LogP contribution in [0.15, 0.2) is 12.1 Å². The van der Waals surface area contributed by atoms with E-state index in [4.69, 9.17) is 24.4 Å². The molecule has 5 rings (SSSR count). The summed E-state index contributed by atoms with van der Waals surface area (Å²) in [5, 5.41) is 12.3. The van der Waals surface area contributed by atoms with Gasteiger partial charge in [-0.2, -0.15) is 13.2 Å². The lowest BCUT2D eigenvalue weighted by Crippen LogP contribution is -2.37. The number of likely N-dealkylation sites (tertiary alicyclic amines) is 2. The Kier molecular flexibility index (Phi) is 10.3. The van der Waals surface area contributed by atoms with Gasteiger partial charge in [0.2, 0.25) is 0 Å². The number of hydrogen-bond donors (Lipinski definition) is 2. The van der Waals surface area contributed by atoms with E-state index in [2.05, 4.69) is 34.3 Å². The maximum absolute atomic E-state index is 10.6. The van der Waals surface area contributed by atoms with Gasteiger partial charge in [-0.3, -0.25) is 4.98 Å². The van der Waals surface area contributed by atoms with Gasteiger partial charge in [-0.15, -0.1) is 0 Å². The first kappa shape index (κ1) is 30.2. The summed E-state index contributed by atoms with van der Waals surface area (Å²) in [6, 6.07) is 4.79. The fourth-order valence-electron chi connectivity index (χ4n) is 5.70. The standard InChI is InChI=1S/C27H40N4O2.C2HF3O2/c1-30-15-10-20(11-16-30)28-27-21-8-3-4-9-23(21)29-24-19-26(25(32-2)18-22(24)27)33-17-7-14-31-12-5-6-13-31;3-2(4,5)1(6)7/h18-20H,3-17H2,1-2H3,(H,28,29);(H,6,7). The van der Waals surface area contributed by atoms with Gasteiger partial charge in [-0.25, -0.2) is 4.79 Å². The monoisotopic (exact) mass is 566 g/mol. The normalized spacial score (nSPS) is 18.6. The SMILES string of the molecule is COc1cc2c(NC3CCN(C)CC3)c3c(nc2cc1OCCCN1CCCC1)CCCC3.O=C(O)C(F)(F)F. The van der Waals surface area contributed by atoms with Crippen LogP contribution in [0.25, 0.3) is 10.9 Å². The van der Waals surface area contributed by atoms with Crippen molar-refractivity contribution in [2.75, 3.05) is 58.8 Å². The molecule has 2 aromatic rings. The second-order valence-electron chi connectivity index (χ2n) is 10.9. The molecule has 3 aliphatic rings. The minimum absolute atomic E-state index is 0.519. The predicted molar refractivity (Wildman–Crippen MR) is 149 cm³/mol. The van der Waals surface area contributed by atoms with Crippen molar-refractivity contribution in [2.24, 2.45) is 0 Å². The van der Waals surface area contributed by atoms with Gasteiger partial charge in [-0.1, -0.05) is 0 Å². The molecule has 0 bridgehead atoms. The Labute approximate surface area is 233 Å². The summed E-state index contributed by atoms with van der Waals surface area (Å²) < 4.78 is 43.7. The van der Waals surface area contributed by atoms with E-state index in [9.17, 15) is 13.2 Å². The van der Waals surface area contributed by atoms with Gasteiger partial charge < -0.3 is 29.7 Å². The minimum atomic E-state index is -5.08. The average molecular weight is 567 g/mol. The number of halogens is 3. The Balaban J connectivity index is 0.000000470. The number of aromatic nitrogens is 1. The van der Waals surface area contributed by atoms with Gasteiger partial charge in [0.15, 0.2) is 11.5 Å². The molecule has 11 heteroatoms. The van der Waals surface area contributed by atoms with Gasteiger partial charge in [0, 0.05) is 35.4 Å². The number of methoxy groups -OCH3 is 1. The van der Waals surface area contributed by atoms with Crippen molar-refractivity contribution < 1.29 is 32.5 Å². The molecule has 0 spiro atoms. The molecule has 0 atom stereocenters. The molecule has 2 N–H and O–H groups in total. The highest BCUT2D eigenvalue weighted by Gasteiger charge is 2.38. The van der Waals surface area contributed by atoms with Gasteiger partial charge in [0.25, 0.3) is 0 Å². The number of fused-ring (bicyclic) bond motifs is 2. The molecule has 0 unspecified atom stereocenters. The number of carboxylic acid groups (broad SMARTS) is 1. The summed E-state index contributed by atoms with van der Waals surface area (Å²) in [5.74, 6) is -1.12. The molecule has 3 heterocycles. The number of piperidine rings is 1. The molecule has 40 heavy (non-hydrogen) atoms. The van der Waals surface area contributed by atoms with Crippen molar-refractivity contribution in [2.45, 2.75) is 70.0 Å². The molecular weight excluding hydrogens is 525 g/mol. The lowest BCUT2D eigenvalue weighted by Gasteiger charge is -2.32. The number of anilines is 1. The Morgan fingerprint density at radius 3 is 2.40 bits per heavy atom. The molecular formula is C29H41F3N4O4. The largest absolute Gasteiger partial charge is 0.493 e. The highest BCUT2D eigenvalue weighted by molar-refractivity contribution is 5.96. The Hall–Kier alpha value is -2.79. The average Bonchev–Trinajstić information content (AvgIpc) is 3.45. The van der Waals surface area contributed by atoms with E-state index in [1.54, 1.807) is 7.11 Å². The molecule has 2 saturated heterocycles. The summed E-state index contributed by atoms with van der Waals surface area (Å²) >= 11 is 0. The number of carbonyl (C=O) groups is 1. The van der Waals surface area contributed by atoms with Crippen molar-refractivity contribution in [1.29, 1.82) is 0 Å². The van der Waals surface area contributed by atoms with Crippen molar-refractivity contribution in [1.82, 2.24) is 14.8 Å². The van der Waals surface area contributed by atoms with Crippen molar-refractivity contribution >= 4 is 22.6 Å². The molecule has 0 amide bonds. The van der Waals surface area contributed by atoms with E-state index in [1.807, 2.05) is 0 Å². The van der Waals surface area contributed by atoms with Crippen LogP contribution in [0, 0.1) is 0 Å². The van der Waals surface area contributed by atoms with Crippen LogP contribution in [0.2, 0.25) is 0 Å². The molecule has 0 saturated carbocycles. The lowest BCUT2D eigenvalue weighted by atomic mass is 9.91. The molecule has 2 fully saturated rings. The summed E-state index contributed by atoms with van der Waals surface area (Å²) in [4.78, 5) is 19.0. The molecule has 1 aromatic carbocycles. The number of ether oxygens (including phenoxy) is 2. The number of pyridine rings is 1. The quantitative estimate of drug-likeness (QED) is 0.426. The van der Waals surface area contributed by atoms with E-state index in [0.29, 0.717) is 12.6 Å². The third kappa shape index (κ3) is 7.90.